The van der Waals surface area contributed by atoms with Gasteiger partial charge in [-0.2, -0.15) is 0 Å². The van der Waals surface area contributed by atoms with Crippen LogP contribution in [0.25, 0.3) is 0 Å². The molecule has 1 aromatic heterocycles. The van der Waals surface area contributed by atoms with Crippen LogP contribution in [-0.4, -0.2) is 22.6 Å². The van der Waals surface area contributed by atoms with Crippen LogP contribution in [0.2, 0.25) is 5.02 Å². The summed E-state index contributed by atoms with van der Waals surface area (Å²) in [4.78, 5) is 15.0. The lowest BCUT2D eigenvalue weighted by Crippen LogP contribution is -2.08. The Morgan fingerprint density at radius 1 is 1.26 bits per heavy atom. The number of aromatic nitrogens is 1. The Bertz CT molecular complexity index is 573. The molecule has 1 aromatic carbocycles. The number of carboxylic acids is 1. The Hall–Kier alpha value is -2.07. The average molecular weight is 277 g/mol. The van der Waals surface area contributed by atoms with Gasteiger partial charge in [0.15, 0.2) is 0 Å². The standard InChI is InChI=1S/C14H13ClN2O2/c15-12-11(14(18)19)7-9-17-13(12)16-8-6-10-4-2-1-3-5-10/h1-5,7,9H,6,8H2,(H,16,17)(H,18,19). The minimum Gasteiger partial charge on any atom is -0.478 e. The van der Waals surface area contributed by atoms with Gasteiger partial charge in [0.05, 0.1) is 10.6 Å². The van der Waals surface area contributed by atoms with E-state index < -0.39 is 5.97 Å². The fourth-order valence-corrected chi connectivity index (χ4v) is 1.96. The molecule has 2 aromatic rings. The van der Waals surface area contributed by atoms with Crippen molar-refractivity contribution in [3.8, 4) is 0 Å². The summed E-state index contributed by atoms with van der Waals surface area (Å²) < 4.78 is 0. The molecule has 0 aliphatic heterocycles. The van der Waals surface area contributed by atoms with Crippen LogP contribution < -0.4 is 5.32 Å². The minimum atomic E-state index is -1.06. The first kappa shape index (κ1) is 13.4. The number of halogens is 1. The predicted octanol–water partition coefficient (Wildman–Crippen LogP) is 3.09. The number of nitrogens with one attached hydrogen (secondary N) is 1. The maximum Gasteiger partial charge on any atom is 0.337 e. The SMILES string of the molecule is O=C(O)c1ccnc(NCCc2ccccc2)c1Cl. The molecule has 0 amide bonds. The number of rotatable bonds is 5. The normalized spacial score (nSPS) is 10.2. The molecule has 0 bridgehead atoms. The van der Waals surface area contributed by atoms with Crippen molar-refractivity contribution in [3.63, 3.8) is 0 Å². The third-order valence-corrected chi connectivity index (χ3v) is 3.05. The molecule has 0 spiro atoms. The zero-order valence-corrected chi connectivity index (χ0v) is 10.9. The molecule has 0 fully saturated rings. The van der Waals surface area contributed by atoms with Crippen LogP contribution in [0.1, 0.15) is 15.9 Å². The van der Waals surface area contributed by atoms with Crippen molar-refractivity contribution < 1.29 is 9.90 Å². The van der Waals surface area contributed by atoms with Crippen molar-refractivity contribution in [2.24, 2.45) is 0 Å². The minimum absolute atomic E-state index is 0.0545. The van der Waals surface area contributed by atoms with Gasteiger partial charge < -0.3 is 10.4 Å². The monoisotopic (exact) mass is 276 g/mol. The summed E-state index contributed by atoms with van der Waals surface area (Å²) in [6.07, 6.45) is 2.25. The topological polar surface area (TPSA) is 62.2 Å². The lowest BCUT2D eigenvalue weighted by atomic mass is 10.1. The Morgan fingerprint density at radius 2 is 2.00 bits per heavy atom. The molecule has 2 N–H and O–H groups in total. The fourth-order valence-electron chi connectivity index (χ4n) is 1.70. The second-order valence-electron chi connectivity index (χ2n) is 3.99. The van der Waals surface area contributed by atoms with Crippen molar-refractivity contribution in [2.75, 3.05) is 11.9 Å². The Balaban J connectivity index is 2.00. The van der Waals surface area contributed by atoms with E-state index in [0.29, 0.717) is 12.4 Å². The highest BCUT2D eigenvalue weighted by atomic mass is 35.5. The summed E-state index contributed by atoms with van der Waals surface area (Å²) in [6, 6.07) is 11.4. The molecule has 0 aliphatic rings. The summed E-state index contributed by atoms with van der Waals surface area (Å²) in [5.74, 6) is -0.656. The maximum atomic E-state index is 10.9. The zero-order valence-electron chi connectivity index (χ0n) is 10.1. The number of anilines is 1. The Labute approximate surface area is 116 Å². The van der Waals surface area contributed by atoms with E-state index in [2.05, 4.69) is 10.3 Å². The third-order valence-electron chi connectivity index (χ3n) is 2.67. The summed E-state index contributed by atoms with van der Waals surface area (Å²) in [7, 11) is 0. The van der Waals surface area contributed by atoms with Crippen molar-refractivity contribution in [2.45, 2.75) is 6.42 Å². The molecule has 0 saturated heterocycles. The van der Waals surface area contributed by atoms with E-state index in [1.54, 1.807) is 0 Å². The van der Waals surface area contributed by atoms with E-state index >= 15 is 0 Å². The van der Waals surface area contributed by atoms with Crippen LogP contribution in [-0.2, 0) is 6.42 Å². The van der Waals surface area contributed by atoms with Gasteiger partial charge in [-0.05, 0) is 18.1 Å². The van der Waals surface area contributed by atoms with Gasteiger partial charge in [0.25, 0.3) is 0 Å². The van der Waals surface area contributed by atoms with Gasteiger partial charge in [-0.15, -0.1) is 0 Å². The number of carboxylic acid groups (broad SMARTS) is 1. The van der Waals surface area contributed by atoms with Gasteiger partial charge in [0, 0.05) is 12.7 Å². The number of benzene rings is 1. The zero-order chi connectivity index (χ0) is 13.7. The van der Waals surface area contributed by atoms with Crippen molar-refractivity contribution in [1.82, 2.24) is 4.98 Å². The van der Waals surface area contributed by atoms with E-state index in [9.17, 15) is 4.79 Å². The van der Waals surface area contributed by atoms with Crippen LogP contribution in [0.3, 0.4) is 0 Å². The largest absolute Gasteiger partial charge is 0.478 e. The van der Waals surface area contributed by atoms with Crippen LogP contribution in [0.5, 0.6) is 0 Å². The first-order chi connectivity index (χ1) is 9.18. The second-order valence-corrected chi connectivity index (χ2v) is 4.37. The number of carbonyl (C=O) groups is 1. The van der Waals surface area contributed by atoms with Crippen molar-refractivity contribution >= 4 is 23.4 Å². The van der Waals surface area contributed by atoms with E-state index in [0.717, 1.165) is 6.42 Å². The van der Waals surface area contributed by atoms with Crippen LogP contribution in [0.4, 0.5) is 5.82 Å². The molecule has 0 unspecified atom stereocenters. The number of nitrogens with zero attached hydrogens (tertiary/aromatic N) is 1. The molecule has 0 radical (unpaired) electrons. The number of aromatic carboxylic acids is 1. The highest BCUT2D eigenvalue weighted by Crippen LogP contribution is 2.23. The molecule has 19 heavy (non-hydrogen) atoms. The average Bonchev–Trinajstić information content (AvgIpc) is 2.41. The van der Waals surface area contributed by atoms with Gasteiger partial charge in [0.1, 0.15) is 5.82 Å². The lowest BCUT2D eigenvalue weighted by Gasteiger charge is -2.08. The van der Waals surface area contributed by atoms with E-state index in [1.807, 2.05) is 30.3 Å². The molecule has 5 heteroatoms. The molecule has 2 rings (SSSR count). The summed E-state index contributed by atoms with van der Waals surface area (Å²) in [5, 5.41) is 12.1. The summed E-state index contributed by atoms with van der Waals surface area (Å²) in [5.41, 5.74) is 1.25. The number of hydrogen-bond donors (Lipinski definition) is 2. The third kappa shape index (κ3) is 3.45. The predicted molar refractivity (Wildman–Crippen MR) is 74.8 cm³/mol. The fraction of sp³-hybridized carbons (Fsp3) is 0.143. The van der Waals surface area contributed by atoms with Crippen LogP contribution in [0.15, 0.2) is 42.6 Å². The smallest absolute Gasteiger partial charge is 0.337 e. The van der Waals surface area contributed by atoms with Gasteiger partial charge in [0.2, 0.25) is 0 Å². The first-order valence-electron chi connectivity index (χ1n) is 5.84. The summed E-state index contributed by atoms with van der Waals surface area (Å²) in [6.45, 7) is 0.639. The molecule has 0 atom stereocenters. The first-order valence-corrected chi connectivity index (χ1v) is 6.22. The van der Waals surface area contributed by atoms with Gasteiger partial charge in [-0.25, -0.2) is 9.78 Å². The molecule has 4 nitrogen and oxygen atoms in total. The van der Waals surface area contributed by atoms with Crippen LogP contribution >= 0.6 is 11.6 Å². The molecule has 98 valence electrons. The highest BCUT2D eigenvalue weighted by molar-refractivity contribution is 6.35. The molecular formula is C14H13ClN2O2. The van der Waals surface area contributed by atoms with E-state index in [-0.39, 0.29) is 10.6 Å². The molecule has 0 saturated carbocycles. The quantitative estimate of drug-likeness (QED) is 0.881. The van der Waals surface area contributed by atoms with Gasteiger partial charge in [-0.1, -0.05) is 41.9 Å². The second kappa shape index (κ2) is 6.20. The van der Waals surface area contributed by atoms with Crippen molar-refractivity contribution in [3.05, 3.63) is 58.7 Å². The Morgan fingerprint density at radius 3 is 2.68 bits per heavy atom. The highest BCUT2D eigenvalue weighted by Gasteiger charge is 2.12. The van der Waals surface area contributed by atoms with Gasteiger partial charge >= 0.3 is 5.97 Å². The number of pyridine rings is 1. The van der Waals surface area contributed by atoms with E-state index in [4.69, 9.17) is 16.7 Å². The van der Waals surface area contributed by atoms with Crippen molar-refractivity contribution in [1.29, 1.82) is 0 Å². The van der Waals surface area contributed by atoms with E-state index in [1.165, 1.54) is 17.8 Å². The van der Waals surface area contributed by atoms with Gasteiger partial charge in [-0.3, -0.25) is 0 Å². The summed E-state index contributed by atoms with van der Waals surface area (Å²) >= 11 is 5.98. The Kier molecular flexibility index (Phi) is 4.36. The lowest BCUT2D eigenvalue weighted by molar-refractivity contribution is 0.0697. The molecule has 0 aliphatic carbocycles. The molecular weight excluding hydrogens is 264 g/mol. The number of hydrogen-bond acceptors (Lipinski definition) is 3. The van der Waals surface area contributed by atoms with Crippen LogP contribution in [0, 0.1) is 0 Å². The maximum absolute atomic E-state index is 10.9. The molecule has 1 heterocycles.